The van der Waals surface area contributed by atoms with Gasteiger partial charge in [-0.05, 0) is 12.1 Å². The van der Waals surface area contributed by atoms with Gasteiger partial charge in [-0.2, -0.15) is 0 Å². The van der Waals surface area contributed by atoms with E-state index in [1.54, 1.807) is 24.5 Å². The molecule has 3 nitrogen and oxygen atoms in total. The van der Waals surface area contributed by atoms with E-state index in [4.69, 9.17) is 0 Å². The molecule has 1 aromatic carbocycles. The number of hydrogen-bond acceptors (Lipinski definition) is 3. The van der Waals surface area contributed by atoms with Crippen LogP contribution in [0.25, 0.3) is 11.0 Å². The largest absolute Gasteiger partial charge is 0.506 e. The standard InChI is InChI=1S/C8H6N2O.2ClH/c11-7-3-1-2-6-8(7)10-5-4-9-6;;/h1-5,11H;2*1H. The van der Waals surface area contributed by atoms with Crippen LogP contribution in [0.4, 0.5) is 0 Å². The van der Waals surface area contributed by atoms with E-state index in [1.165, 1.54) is 0 Å². The van der Waals surface area contributed by atoms with Gasteiger partial charge in [-0.1, -0.05) is 6.07 Å². The van der Waals surface area contributed by atoms with E-state index in [1.807, 2.05) is 6.07 Å². The van der Waals surface area contributed by atoms with E-state index in [0.717, 1.165) is 0 Å². The Bertz CT molecular complexity index is 389. The van der Waals surface area contributed by atoms with Gasteiger partial charge in [0.25, 0.3) is 0 Å². The van der Waals surface area contributed by atoms with E-state index in [-0.39, 0.29) is 30.6 Å². The van der Waals surface area contributed by atoms with Crippen LogP contribution in [-0.4, -0.2) is 15.1 Å². The monoisotopic (exact) mass is 218 g/mol. The number of fused-ring (bicyclic) bond motifs is 1. The molecule has 70 valence electrons. The number of rotatable bonds is 0. The maximum Gasteiger partial charge on any atom is 0.143 e. The molecule has 13 heavy (non-hydrogen) atoms. The van der Waals surface area contributed by atoms with Gasteiger partial charge < -0.3 is 5.11 Å². The summed E-state index contributed by atoms with van der Waals surface area (Å²) in [6.45, 7) is 0. The molecular weight excluding hydrogens is 211 g/mol. The molecule has 0 aliphatic carbocycles. The van der Waals surface area contributed by atoms with Crippen molar-refractivity contribution >= 4 is 35.8 Å². The second kappa shape index (κ2) is 4.84. The molecule has 0 radical (unpaired) electrons. The fraction of sp³-hybridized carbons (Fsp3) is 0. The topological polar surface area (TPSA) is 46.0 Å². The van der Waals surface area contributed by atoms with Crippen LogP contribution >= 0.6 is 24.8 Å². The van der Waals surface area contributed by atoms with Crippen molar-refractivity contribution < 1.29 is 5.11 Å². The number of aromatic nitrogens is 2. The molecule has 1 heterocycles. The third-order valence-corrected chi connectivity index (χ3v) is 1.48. The third kappa shape index (κ3) is 2.20. The van der Waals surface area contributed by atoms with Crippen LogP contribution in [0.5, 0.6) is 5.75 Å². The molecule has 0 aliphatic rings. The summed E-state index contributed by atoms with van der Waals surface area (Å²) in [5, 5.41) is 9.27. The minimum absolute atomic E-state index is 0. The van der Waals surface area contributed by atoms with Crippen LogP contribution < -0.4 is 0 Å². The number of para-hydroxylation sites is 1. The highest BCUT2D eigenvalue weighted by molar-refractivity contribution is 5.85. The smallest absolute Gasteiger partial charge is 0.143 e. The summed E-state index contributed by atoms with van der Waals surface area (Å²) in [4.78, 5) is 7.99. The number of hydrogen-bond donors (Lipinski definition) is 1. The lowest BCUT2D eigenvalue weighted by Gasteiger charge is -1.95. The summed E-state index contributed by atoms with van der Waals surface area (Å²) in [5.74, 6) is 0.176. The number of aromatic hydroxyl groups is 1. The van der Waals surface area contributed by atoms with Crippen molar-refractivity contribution in [1.29, 1.82) is 0 Å². The molecule has 1 N–H and O–H groups in total. The van der Waals surface area contributed by atoms with Gasteiger partial charge in [0.15, 0.2) is 0 Å². The molecule has 0 atom stereocenters. The molecule has 2 rings (SSSR count). The summed E-state index contributed by atoms with van der Waals surface area (Å²) in [6.07, 6.45) is 3.16. The first-order chi connectivity index (χ1) is 5.38. The summed E-state index contributed by atoms with van der Waals surface area (Å²) in [6, 6.07) is 5.14. The predicted octanol–water partition coefficient (Wildman–Crippen LogP) is 2.18. The quantitative estimate of drug-likeness (QED) is 0.738. The molecule has 0 spiro atoms. The minimum Gasteiger partial charge on any atom is -0.506 e. The maximum absolute atomic E-state index is 9.27. The molecule has 0 amide bonds. The first-order valence-corrected chi connectivity index (χ1v) is 3.26. The summed E-state index contributed by atoms with van der Waals surface area (Å²) >= 11 is 0. The number of phenols is 1. The van der Waals surface area contributed by atoms with Crippen molar-refractivity contribution in [3.63, 3.8) is 0 Å². The van der Waals surface area contributed by atoms with Crippen molar-refractivity contribution in [1.82, 2.24) is 9.97 Å². The van der Waals surface area contributed by atoms with Gasteiger partial charge in [0.2, 0.25) is 0 Å². The van der Waals surface area contributed by atoms with Crippen molar-refractivity contribution in [3.05, 3.63) is 30.6 Å². The number of benzene rings is 1. The Morgan fingerprint density at radius 2 is 1.69 bits per heavy atom. The van der Waals surface area contributed by atoms with Gasteiger partial charge >= 0.3 is 0 Å². The fourth-order valence-corrected chi connectivity index (χ4v) is 0.977. The van der Waals surface area contributed by atoms with Crippen molar-refractivity contribution in [2.24, 2.45) is 0 Å². The average molecular weight is 219 g/mol. The van der Waals surface area contributed by atoms with Crippen LogP contribution in [0.15, 0.2) is 30.6 Å². The Labute approximate surface area is 87.7 Å². The highest BCUT2D eigenvalue weighted by Gasteiger charge is 1.97. The van der Waals surface area contributed by atoms with E-state index in [9.17, 15) is 5.11 Å². The van der Waals surface area contributed by atoms with Gasteiger partial charge in [0, 0.05) is 12.4 Å². The summed E-state index contributed by atoms with van der Waals surface area (Å²) < 4.78 is 0. The van der Waals surface area contributed by atoms with Gasteiger partial charge in [0.1, 0.15) is 11.3 Å². The molecule has 0 saturated carbocycles. The Kier molecular flexibility index (Phi) is 4.45. The SMILES string of the molecule is Cl.Cl.Oc1cccc2nccnc12. The molecule has 0 unspecified atom stereocenters. The Morgan fingerprint density at radius 1 is 1.00 bits per heavy atom. The van der Waals surface area contributed by atoms with E-state index in [2.05, 4.69) is 9.97 Å². The third-order valence-electron chi connectivity index (χ3n) is 1.48. The molecule has 0 fully saturated rings. The average Bonchev–Trinajstić information content (AvgIpc) is 2.06. The number of phenolic OH excluding ortho intramolecular Hbond substituents is 1. The van der Waals surface area contributed by atoms with Gasteiger partial charge in [0.05, 0.1) is 5.52 Å². The lowest BCUT2D eigenvalue weighted by Crippen LogP contribution is -1.80. The van der Waals surface area contributed by atoms with E-state index < -0.39 is 0 Å². The Hall–Kier alpha value is -1.06. The Balaban J connectivity index is 0.000000720. The lowest BCUT2D eigenvalue weighted by atomic mass is 10.3. The number of halogens is 2. The summed E-state index contributed by atoms with van der Waals surface area (Å²) in [7, 11) is 0. The molecule has 0 saturated heterocycles. The molecule has 0 aliphatic heterocycles. The predicted molar refractivity (Wildman–Crippen MR) is 55.7 cm³/mol. The van der Waals surface area contributed by atoms with E-state index in [0.29, 0.717) is 11.0 Å². The molecular formula is C8H8Cl2N2O. The van der Waals surface area contributed by atoms with Crippen molar-refractivity contribution in [2.75, 3.05) is 0 Å². The lowest BCUT2D eigenvalue weighted by molar-refractivity contribution is 0.480. The fourth-order valence-electron chi connectivity index (χ4n) is 0.977. The van der Waals surface area contributed by atoms with Crippen molar-refractivity contribution in [3.8, 4) is 5.75 Å². The van der Waals surface area contributed by atoms with E-state index >= 15 is 0 Å². The Morgan fingerprint density at radius 3 is 2.38 bits per heavy atom. The van der Waals surface area contributed by atoms with Gasteiger partial charge in [-0.3, -0.25) is 4.98 Å². The molecule has 0 bridgehead atoms. The van der Waals surface area contributed by atoms with Gasteiger partial charge in [-0.25, -0.2) is 4.98 Å². The first kappa shape index (κ1) is 11.9. The van der Waals surface area contributed by atoms with Crippen LogP contribution in [0, 0.1) is 0 Å². The van der Waals surface area contributed by atoms with Crippen LogP contribution in [0.1, 0.15) is 0 Å². The second-order valence-electron chi connectivity index (χ2n) is 2.20. The zero-order valence-electron chi connectivity index (χ0n) is 6.54. The van der Waals surface area contributed by atoms with Crippen LogP contribution in [-0.2, 0) is 0 Å². The van der Waals surface area contributed by atoms with Crippen LogP contribution in [0.3, 0.4) is 0 Å². The van der Waals surface area contributed by atoms with Crippen LogP contribution in [0.2, 0.25) is 0 Å². The molecule has 1 aromatic heterocycles. The molecule has 2 aromatic rings. The zero-order chi connectivity index (χ0) is 7.68. The highest BCUT2D eigenvalue weighted by atomic mass is 35.5. The minimum atomic E-state index is 0. The number of nitrogens with zero attached hydrogens (tertiary/aromatic N) is 2. The highest BCUT2D eigenvalue weighted by Crippen LogP contribution is 2.18. The maximum atomic E-state index is 9.27. The first-order valence-electron chi connectivity index (χ1n) is 3.26. The van der Waals surface area contributed by atoms with Crippen molar-refractivity contribution in [2.45, 2.75) is 0 Å². The summed E-state index contributed by atoms with van der Waals surface area (Å²) in [5.41, 5.74) is 1.27. The zero-order valence-corrected chi connectivity index (χ0v) is 8.18. The molecule has 5 heteroatoms. The normalized spacial score (nSPS) is 8.62. The van der Waals surface area contributed by atoms with Gasteiger partial charge in [-0.15, -0.1) is 24.8 Å². The second-order valence-corrected chi connectivity index (χ2v) is 2.20.